The molecule has 0 spiro atoms. The first kappa shape index (κ1) is 17.3. The van der Waals surface area contributed by atoms with Crippen LogP contribution >= 0.6 is 0 Å². The number of hydrogen-bond donors (Lipinski definition) is 1. The number of carbonyl (C=O) groups is 1. The highest BCUT2D eigenvalue weighted by atomic mass is 19.2. The molecule has 1 aliphatic rings. The summed E-state index contributed by atoms with van der Waals surface area (Å²) in [6.45, 7) is 1.20. The third-order valence-corrected chi connectivity index (χ3v) is 4.75. The lowest BCUT2D eigenvalue weighted by atomic mass is 10.0. The molecule has 1 fully saturated rings. The van der Waals surface area contributed by atoms with E-state index in [0.717, 1.165) is 30.8 Å². The largest absolute Gasteiger partial charge is 0.367 e. The zero-order chi connectivity index (χ0) is 18.8. The van der Waals surface area contributed by atoms with Crippen LogP contribution in [0, 0.1) is 11.6 Å². The van der Waals surface area contributed by atoms with E-state index in [2.05, 4.69) is 15.3 Å². The van der Waals surface area contributed by atoms with Crippen LogP contribution in [0.2, 0.25) is 0 Å². The predicted octanol–water partition coefficient (Wildman–Crippen LogP) is 3.62. The van der Waals surface area contributed by atoms with E-state index in [9.17, 15) is 13.6 Å². The van der Waals surface area contributed by atoms with E-state index >= 15 is 0 Å². The number of likely N-dealkylation sites (tertiary alicyclic amines) is 1. The van der Waals surface area contributed by atoms with E-state index in [4.69, 9.17) is 0 Å². The van der Waals surface area contributed by atoms with Crippen molar-refractivity contribution in [3.05, 3.63) is 66.0 Å². The van der Waals surface area contributed by atoms with E-state index in [1.807, 2.05) is 18.2 Å². The lowest BCUT2D eigenvalue weighted by Crippen LogP contribution is -2.42. The molecular formula is C20H18F2N4O. The molecule has 3 heterocycles. The second-order valence-corrected chi connectivity index (χ2v) is 6.58. The van der Waals surface area contributed by atoms with E-state index in [0.29, 0.717) is 18.5 Å². The Morgan fingerprint density at radius 1 is 1.07 bits per heavy atom. The van der Waals surface area contributed by atoms with Crippen LogP contribution in [0.5, 0.6) is 0 Å². The lowest BCUT2D eigenvalue weighted by Gasteiger charge is -2.32. The number of amides is 1. The maximum Gasteiger partial charge on any atom is 0.272 e. The van der Waals surface area contributed by atoms with Gasteiger partial charge in [0.25, 0.3) is 5.91 Å². The van der Waals surface area contributed by atoms with Gasteiger partial charge in [-0.25, -0.2) is 18.7 Å². The number of halogens is 2. The summed E-state index contributed by atoms with van der Waals surface area (Å²) >= 11 is 0. The molecule has 3 aromatic rings. The highest BCUT2D eigenvalue weighted by Gasteiger charge is 2.24. The van der Waals surface area contributed by atoms with Crippen molar-refractivity contribution < 1.29 is 13.6 Å². The zero-order valence-electron chi connectivity index (χ0n) is 14.5. The van der Waals surface area contributed by atoms with Gasteiger partial charge in [-0.05, 0) is 37.1 Å². The van der Waals surface area contributed by atoms with Gasteiger partial charge >= 0.3 is 0 Å². The number of nitrogens with one attached hydrogen (secondary N) is 1. The topological polar surface area (TPSA) is 58.1 Å². The Morgan fingerprint density at radius 2 is 1.85 bits per heavy atom. The molecule has 1 amide bonds. The minimum Gasteiger partial charge on any atom is -0.367 e. The molecule has 27 heavy (non-hydrogen) atoms. The standard InChI is InChI=1S/C20H18F2N4O/c21-15-11-13-4-5-17(25-18(13)12-16(15)22)20(27)26-9-6-14(7-10-26)24-19-3-1-2-8-23-19/h1-5,8,11-12,14H,6-7,9-10H2,(H,23,24). The highest BCUT2D eigenvalue weighted by molar-refractivity contribution is 5.95. The fraction of sp³-hybridized carbons (Fsp3) is 0.250. The Bertz CT molecular complexity index is 972. The summed E-state index contributed by atoms with van der Waals surface area (Å²) in [5.41, 5.74) is 0.510. The van der Waals surface area contributed by atoms with Crippen LogP contribution < -0.4 is 5.32 Å². The third-order valence-electron chi connectivity index (χ3n) is 4.75. The SMILES string of the molecule is O=C(c1ccc2cc(F)c(F)cc2n1)N1CCC(Nc2ccccn2)CC1. The van der Waals surface area contributed by atoms with Gasteiger partial charge in [0, 0.05) is 36.8 Å². The number of fused-ring (bicyclic) bond motifs is 1. The Morgan fingerprint density at radius 3 is 2.59 bits per heavy atom. The van der Waals surface area contributed by atoms with Crippen LogP contribution in [0.3, 0.4) is 0 Å². The summed E-state index contributed by atoms with van der Waals surface area (Å²) in [5.74, 6) is -1.27. The molecule has 0 aliphatic carbocycles. The molecule has 0 atom stereocenters. The fourth-order valence-electron chi connectivity index (χ4n) is 3.28. The summed E-state index contributed by atoms with van der Waals surface area (Å²) in [4.78, 5) is 22.9. The number of pyridine rings is 2. The van der Waals surface area contributed by atoms with Crippen molar-refractivity contribution in [1.29, 1.82) is 0 Å². The Hall–Kier alpha value is -3.09. The number of benzene rings is 1. The minimum atomic E-state index is -0.971. The van der Waals surface area contributed by atoms with Crippen molar-refractivity contribution in [2.75, 3.05) is 18.4 Å². The summed E-state index contributed by atoms with van der Waals surface area (Å²) in [6, 6.07) is 11.2. The number of nitrogens with zero attached hydrogens (tertiary/aromatic N) is 3. The van der Waals surface area contributed by atoms with Crippen molar-refractivity contribution in [3.63, 3.8) is 0 Å². The smallest absolute Gasteiger partial charge is 0.272 e. The van der Waals surface area contributed by atoms with Crippen LogP contribution in [0.15, 0.2) is 48.7 Å². The maximum atomic E-state index is 13.4. The molecular weight excluding hydrogens is 350 g/mol. The number of carbonyl (C=O) groups excluding carboxylic acids is 1. The Balaban J connectivity index is 1.43. The molecule has 0 bridgehead atoms. The Kier molecular flexibility index (Phi) is 4.66. The van der Waals surface area contributed by atoms with Crippen LogP contribution in [-0.4, -0.2) is 39.9 Å². The maximum absolute atomic E-state index is 13.4. The van der Waals surface area contributed by atoms with Crippen LogP contribution in [-0.2, 0) is 0 Å². The molecule has 4 rings (SSSR count). The minimum absolute atomic E-state index is 0.196. The molecule has 138 valence electrons. The third kappa shape index (κ3) is 3.72. The molecule has 1 aliphatic heterocycles. The second kappa shape index (κ2) is 7.26. The average molecular weight is 368 g/mol. The Labute approximate surface area is 155 Å². The van der Waals surface area contributed by atoms with Gasteiger partial charge < -0.3 is 10.2 Å². The number of rotatable bonds is 3. The number of piperidine rings is 1. The van der Waals surface area contributed by atoms with Crippen LogP contribution in [0.25, 0.3) is 10.9 Å². The molecule has 0 radical (unpaired) electrons. The van der Waals surface area contributed by atoms with Gasteiger partial charge in [-0.1, -0.05) is 12.1 Å². The van der Waals surface area contributed by atoms with Gasteiger partial charge in [-0.2, -0.15) is 0 Å². The molecule has 1 saturated heterocycles. The first-order chi connectivity index (χ1) is 13.1. The van der Waals surface area contributed by atoms with Crippen molar-refractivity contribution >= 4 is 22.6 Å². The van der Waals surface area contributed by atoms with Gasteiger partial charge in [0.15, 0.2) is 11.6 Å². The number of aromatic nitrogens is 2. The van der Waals surface area contributed by atoms with E-state index in [-0.39, 0.29) is 23.2 Å². The van der Waals surface area contributed by atoms with Gasteiger partial charge in [0.2, 0.25) is 0 Å². The normalized spacial score (nSPS) is 15.1. The van der Waals surface area contributed by atoms with E-state index in [1.165, 1.54) is 0 Å². The average Bonchev–Trinajstić information content (AvgIpc) is 2.69. The molecule has 1 aromatic carbocycles. The van der Waals surface area contributed by atoms with Crippen LogP contribution in [0.4, 0.5) is 14.6 Å². The van der Waals surface area contributed by atoms with Gasteiger partial charge in [0.05, 0.1) is 5.52 Å². The summed E-state index contributed by atoms with van der Waals surface area (Å²) in [6.07, 6.45) is 3.34. The number of hydrogen-bond acceptors (Lipinski definition) is 4. The van der Waals surface area contributed by atoms with Crippen molar-refractivity contribution in [2.24, 2.45) is 0 Å². The number of anilines is 1. The first-order valence-electron chi connectivity index (χ1n) is 8.83. The van der Waals surface area contributed by atoms with Crippen LogP contribution in [0.1, 0.15) is 23.3 Å². The fourth-order valence-corrected chi connectivity index (χ4v) is 3.28. The summed E-state index contributed by atoms with van der Waals surface area (Å²) in [5, 5.41) is 3.84. The van der Waals surface area contributed by atoms with Crippen molar-refractivity contribution in [3.8, 4) is 0 Å². The van der Waals surface area contributed by atoms with Crippen molar-refractivity contribution in [1.82, 2.24) is 14.9 Å². The lowest BCUT2D eigenvalue weighted by molar-refractivity contribution is 0.0713. The monoisotopic (exact) mass is 368 g/mol. The van der Waals surface area contributed by atoms with Gasteiger partial charge in [-0.3, -0.25) is 4.79 Å². The second-order valence-electron chi connectivity index (χ2n) is 6.58. The van der Waals surface area contributed by atoms with E-state index in [1.54, 1.807) is 23.2 Å². The first-order valence-corrected chi connectivity index (χ1v) is 8.83. The van der Waals surface area contributed by atoms with Crippen molar-refractivity contribution in [2.45, 2.75) is 18.9 Å². The molecule has 0 unspecified atom stereocenters. The summed E-state index contributed by atoms with van der Waals surface area (Å²) < 4.78 is 26.7. The highest BCUT2D eigenvalue weighted by Crippen LogP contribution is 2.20. The molecule has 1 N–H and O–H groups in total. The van der Waals surface area contributed by atoms with E-state index < -0.39 is 11.6 Å². The molecule has 7 heteroatoms. The summed E-state index contributed by atoms with van der Waals surface area (Å²) in [7, 11) is 0. The molecule has 0 saturated carbocycles. The van der Waals surface area contributed by atoms with Gasteiger partial charge in [0.1, 0.15) is 11.5 Å². The molecule has 5 nitrogen and oxygen atoms in total. The predicted molar refractivity (Wildman–Crippen MR) is 98.4 cm³/mol. The quantitative estimate of drug-likeness (QED) is 0.767. The molecule has 2 aromatic heterocycles. The van der Waals surface area contributed by atoms with Gasteiger partial charge in [-0.15, -0.1) is 0 Å². The zero-order valence-corrected chi connectivity index (χ0v) is 14.5.